The molecule has 0 unspecified atom stereocenters. The monoisotopic (exact) mass is 305 g/mol. The molecule has 2 N–H and O–H groups in total. The van der Waals surface area contributed by atoms with Crippen molar-refractivity contribution in [3.63, 3.8) is 0 Å². The van der Waals surface area contributed by atoms with Gasteiger partial charge in [0, 0.05) is 5.56 Å². The maximum Gasteiger partial charge on any atom is 0.407 e. The molecule has 0 aromatic heterocycles. The summed E-state index contributed by atoms with van der Waals surface area (Å²) in [7, 11) is 0. The number of alkyl halides is 3. The lowest BCUT2D eigenvalue weighted by Crippen LogP contribution is -2.29. The zero-order valence-electron chi connectivity index (χ0n) is 10.8. The van der Waals surface area contributed by atoms with Crippen LogP contribution >= 0.6 is 12.4 Å². The van der Waals surface area contributed by atoms with Crippen LogP contribution in [0.4, 0.5) is 13.2 Å². The molecule has 0 amide bonds. The van der Waals surface area contributed by atoms with Gasteiger partial charge in [-0.2, -0.15) is 13.2 Å². The molecule has 2 nitrogen and oxygen atoms in total. The average Bonchev–Trinajstić information content (AvgIpc) is 2.37. The molecule has 0 aliphatic heterocycles. The predicted molar refractivity (Wildman–Crippen MR) is 75.3 cm³/mol. The molecule has 2 rings (SSSR count). The van der Waals surface area contributed by atoms with Gasteiger partial charge in [0.1, 0.15) is 11.8 Å². The van der Waals surface area contributed by atoms with Gasteiger partial charge in [0.2, 0.25) is 0 Å². The van der Waals surface area contributed by atoms with Crippen LogP contribution in [0.3, 0.4) is 0 Å². The van der Waals surface area contributed by atoms with Gasteiger partial charge in [0.15, 0.2) is 0 Å². The van der Waals surface area contributed by atoms with Gasteiger partial charge in [-0.25, -0.2) is 0 Å². The van der Waals surface area contributed by atoms with E-state index in [1.807, 2.05) is 0 Å². The first-order valence-electron chi connectivity index (χ1n) is 5.92. The molecule has 0 bridgehead atoms. The smallest absolute Gasteiger partial charge is 0.407 e. The van der Waals surface area contributed by atoms with Crippen LogP contribution < -0.4 is 10.5 Å². The van der Waals surface area contributed by atoms with Gasteiger partial charge in [-0.3, -0.25) is 0 Å². The minimum absolute atomic E-state index is 0. The maximum absolute atomic E-state index is 12.9. The summed E-state index contributed by atoms with van der Waals surface area (Å²) in [6, 6.07) is 8.03. The summed E-state index contributed by atoms with van der Waals surface area (Å²) in [5.74, 6) is 0.186. The number of halogens is 4. The first-order chi connectivity index (χ1) is 8.95. The van der Waals surface area contributed by atoms with Crippen molar-refractivity contribution in [3.8, 4) is 5.75 Å². The number of hydrogen-bond donors (Lipinski definition) is 1. The molecule has 0 aliphatic carbocycles. The second-order valence-corrected chi connectivity index (χ2v) is 4.15. The molecule has 0 radical (unpaired) electrons. The molecule has 110 valence electrons. The summed E-state index contributed by atoms with van der Waals surface area (Å²) in [4.78, 5) is 0. The van der Waals surface area contributed by atoms with Crippen LogP contribution in [0.15, 0.2) is 36.4 Å². The summed E-state index contributed by atoms with van der Waals surface area (Å²) in [6.07, 6.45) is -4.50. The molecular weight excluding hydrogens is 291 g/mol. The van der Waals surface area contributed by atoms with Crippen LogP contribution in [-0.4, -0.2) is 12.8 Å². The lowest BCUT2D eigenvalue weighted by Gasteiger charge is -2.21. The topological polar surface area (TPSA) is 35.2 Å². The van der Waals surface area contributed by atoms with Crippen molar-refractivity contribution >= 4 is 23.2 Å². The van der Waals surface area contributed by atoms with E-state index < -0.39 is 12.2 Å². The van der Waals surface area contributed by atoms with Crippen molar-refractivity contribution in [1.29, 1.82) is 0 Å². The third-order valence-electron chi connectivity index (χ3n) is 2.89. The Morgan fingerprint density at radius 2 is 1.80 bits per heavy atom. The number of nitrogens with two attached hydrogens (primary N) is 1. The Morgan fingerprint density at radius 3 is 2.40 bits per heavy atom. The number of ether oxygens (including phenoxy) is 1. The van der Waals surface area contributed by atoms with Gasteiger partial charge in [-0.1, -0.05) is 30.3 Å². The van der Waals surface area contributed by atoms with Crippen molar-refractivity contribution in [2.45, 2.75) is 19.1 Å². The molecule has 2 aromatic rings. The van der Waals surface area contributed by atoms with Gasteiger partial charge < -0.3 is 10.5 Å². The molecular formula is C14H15ClF3NO. The third-order valence-corrected chi connectivity index (χ3v) is 2.89. The van der Waals surface area contributed by atoms with Crippen molar-refractivity contribution in [2.75, 3.05) is 6.61 Å². The largest absolute Gasteiger partial charge is 0.494 e. The van der Waals surface area contributed by atoms with Crippen molar-refractivity contribution in [3.05, 3.63) is 42.0 Å². The fourth-order valence-corrected chi connectivity index (χ4v) is 2.04. The number of hydrogen-bond acceptors (Lipinski definition) is 2. The summed E-state index contributed by atoms with van der Waals surface area (Å²) in [6.45, 7) is 2.01. The van der Waals surface area contributed by atoms with E-state index in [-0.39, 0.29) is 30.3 Å². The van der Waals surface area contributed by atoms with Crippen LogP contribution in [-0.2, 0) is 0 Å². The van der Waals surface area contributed by atoms with Crippen LogP contribution in [0.5, 0.6) is 5.75 Å². The molecule has 2 aromatic carbocycles. The fraction of sp³-hybridized carbons (Fsp3) is 0.286. The molecule has 0 fully saturated rings. The van der Waals surface area contributed by atoms with Crippen LogP contribution in [0, 0.1) is 0 Å². The molecule has 0 aliphatic rings. The van der Waals surface area contributed by atoms with Crippen LogP contribution in [0.25, 0.3) is 10.8 Å². The van der Waals surface area contributed by atoms with Gasteiger partial charge >= 0.3 is 6.18 Å². The standard InChI is InChI=1S/C14H14F3NO.ClH/c1-2-19-11-8-7-9-5-3-4-6-10(9)12(11)13(18)14(15,16)17;/h3-8,13H,2,18H2,1H3;1H/t13-;/m1./s1. The van der Waals surface area contributed by atoms with E-state index in [1.165, 1.54) is 6.07 Å². The average molecular weight is 306 g/mol. The molecule has 0 spiro atoms. The zero-order valence-corrected chi connectivity index (χ0v) is 11.6. The highest BCUT2D eigenvalue weighted by molar-refractivity contribution is 5.88. The number of benzene rings is 2. The maximum atomic E-state index is 12.9. The van der Waals surface area contributed by atoms with Crippen molar-refractivity contribution in [1.82, 2.24) is 0 Å². The Hall–Kier alpha value is -1.46. The molecule has 0 saturated heterocycles. The Kier molecular flexibility index (Phi) is 5.25. The molecule has 1 atom stereocenters. The van der Waals surface area contributed by atoms with Crippen molar-refractivity contribution < 1.29 is 17.9 Å². The van der Waals surface area contributed by atoms with E-state index in [4.69, 9.17) is 10.5 Å². The van der Waals surface area contributed by atoms with E-state index in [9.17, 15) is 13.2 Å². The Bertz CT molecular complexity index is 586. The third kappa shape index (κ3) is 3.16. The highest BCUT2D eigenvalue weighted by Gasteiger charge is 2.40. The van der Waals surface area contributed by atoms with E-state index >= 15 is 0 Å². The Morgan fingerprint density at radius 1 is 1.15 bits per heavy atom. The second kappa shape index (κ2) is 6.33. The van der Waals surface area contributed by atoms with Crippen LogP contribution in [0.1, 0.15) is 18.5 Å². The van der Waals surface area contributed by atoms with Gasteiger partial charge in [-0.05, 0) is 23.8 Å². The Balaban J connectivity index is 0.00000200. The molecule has 20 heavy (non-hydrogen) atoms. The summed E-state index contributed by atoms with van der Waals surface area (Å²) in [5, 5.41) is 1.18. The van der Waals surface area contributed by atoms with Crippen LogP contribution in [0.2, 0.25) is 0 Å². The highest BCUT2D eigenvalue weighted by atomic mass is 35.5. The fourth-order valence-electron chi connectivity index (χ4n) is 2.04. The van der Waals surface area contributed by atoms with Crippen molar-refractivity contribution in [2.24, 2.45) is 5.73 Å². The van der Waals surface area contributed by atoms with E-state index in [0.29, 0.717) is 10.8 Å². The highest BCUT2D eigenvalue weighted by Crippen LogP contribution is 2.39. The minimum atomic E-state index is -4.50. The predicted octanol–water partition coefficient (Wildman–Crippen LogP) is 4.22. The first-order valence-corrected chi connectivity index (χ1v) is 5.92. The summed E-state index contributed by atoms with van der Waals surface area (Å²) < 4.78 is 44.0. The summed E-state index contributed by atoms with van der Waals surface area (Å²) >= 11 is 0. The van der Waals surface area contributed by atoms with Gasteiger partial charge in [-0.15, -0.1) is 12.4 Å². The molecule has 6 heteroatoms. The summed E-state index contributed by atoms with van der Waals surface area (Å²) in [5.41, 5.74) is 5.36. The lowest BCUT2D eigenvalue weighted by atomic mass is 9.97. The second-order valence-electron chi connectivity index (χ2n) is 4.15. The van der Waals surface area contributed by atoms with E-state index in [0.717, 1.165) is 0 Å². The van der Waals surface area contributed by atoms with Gasteiger partial charge in [0.25, 0.3) is 0 Å². The first kappa shape index (κ1) is 16.6. The number of rotatable bonds is 3. The van der Waals surface area contributed by atoms with Gasteiger partial charge in [0.05, 0.1) is 6.61 Å². The number of fused-ring (bicyclic) bond motifs is 1. The lowest BCUT2D eigenvalue weighted by molar-refractivity contribution is -0.149. The minimum Gasteiger partial charge on any atom is -0.494 e. The quantitative estimate of drug-likeness (QED) is 0.921. The SMILES string of the molecule is CCOc1ccc2ccccc2c1[C@@H](N)C(F)(F)F.Cl. The van der Waals surface area contributed by atoms with E-state index in [2.05, 4.69) is 0 Å². The Labute approximate surface area is 121 Å². The molecule has 0 saturated carbocycles. The zero-order chi connectivity index (χ0) is 14.0. The molecule has 0 heterocycles. The normalized spacial score (nSPS) is 12.8. The van der Waals surface area contributed by atoms with E-state index in [1.54, 1.807) is 37.3 Å².